The van der Waals surface area contributed by atoms with E-state index in [-0.39, 0.29) is 17.0 Å². The van der Waals surface area contributed by atoms with E-state index in [1.807, 2.05) is 0 Å². The highest BCUT2D eigenvalue weighted by atomic mass is 19.1. The summed E-state index contributed by atoms with van der Waals surface area (Å²) >= 11 is 0. The fourth-order valence-corrected chi connectivity index (χ4v) is 2.95. The van der Waals surface area contributed by atoms with Gasteiger partial charge in [0, 0.05) is 12.0 Å². The summed E-state index contributed by atoms with van der Waals surface area (Å²) in [6.07, 6.45) is 5.21. The molecule has 17 heavy (non-hydrogen) atoms. The molecule has 0 atom stereocenters. The van der Waals surface area contributed by atoms with E-state index in [1.54, 1.807) is 13.0 Å². The van der Waals surface area contributed by atoms with Gasteiger partial charge in [0.15, 0.2) is 0 Å². The van der Waals surface area contributed by atoms with Gasteiger partial charge in [0.1, 0.15) is 11.6 Å². The topological polar surface area (TPSA) is 46.2 Å². The van der Waals surface area contributed by atoms with Crippen LogP contribution in [0.3, 0.4) is 0 Å². The first-order valence-corrected chi connectivity index (χ1v) is 6.29. The van der Waals surface area contributed by atoms with Crippen LogP contribution < -0.4 is 5.73 Å². The largest absolute Gasteiger partial charge is 0.508 e. The molecule has 1 aliphatic rings. The van der Waals surface area contributed by atoms with Crippen LogP contribution >= 0.6 is 0 Å². The molecule has 0 unspecified atom stereocenters. The van der Waals surface area contributed by atoms with E-state index in [4.69, 9.17) is 5.73 Å². The van der Waals surface area contributed by atoms with Crippen molar-refractivity contribution >= 4 is 0 Å². The Kier molecular flexibility index (Phi) is 3.38. The molecule has 3 heteroatoms. The van der Waals surface area contributed by atoms with Crippen molar-refractivity contribution in [1.29, 1.82) is 0 Å². The van der Waals surface area contributed by atoms with Crippen molar-refractivity contribution in [2.24, 2.45) is 5.73 Å². The van der Waals surface area contributed by atoms with Gasteiger partial charge in [-0.15, -0.1) is 0 Å². The predicted molar refractivity (Wildman–Crippen MR) is 66.6 cm³/mol. The van der Waals surface area contributed by atoms with E-state index in [1.165, 1.54) is 12.5 Å². The maximum absolute atomic E-state index is 14.2. The van der Waals surface area contributed by atoms with Crippen LogP contribution in [0, 0.1) is 12.7 Å². The van der Waals surface area contributed by atoms with E-state index in [0.29, 0.717) is 17.7 Å². The molecule has 2 rings (SSSR count). The van der Waals surface area contributed by atoms with Gasteiger partial charge in [-0.05, 0) is 43.0 Å². The SMILES string of the molecule is Cc1cc(O)cc(C2(CN)CCCCC2)c1F. The van der Waals surface area contributed by atoms with Gasteiger partial charge in [-0.25, -0.2) is 4.39 Å². The molecule has 2 nitrogen and oxygen atoms in total. The minimum Gasteiger partial charge on any atom is -0.508 e. The Bertz CT molecular complexity index is 411. The number of benzene rings is 1. The smallest absolute Gasteiger partial charge is 0.130 e. The summed E-state index contributed by atoms with van der Waals surface area (Å²) in [6, 6.07) is 3.02. The zero-order chi connectivity index (χ0) is 12.5. The highest BCUT2D eigenvalue weighted by Gasteiger charge is 2.35. The maximum atomic E-state index is 14.2. The van der Waals surface area contributed by atoms with Gasteiger partial charge in [-0.2, -0.15) is 0 Å². The van der Waals surface area contributed by atoms with E-state index >= 15 is 0 Å². The molecule has 0 heterocycles. The molecule has 1 aromatic carbocycles. The fourth-order valence-electron chi connectivity index (χ4n) is 2.95. The van der Waals surface area contributed by atoms with Crippen molar-refractivity contribution in [1.82, 2.24) is 0 Å². The minimum atomic E-state index is -0.272. The highest BCUT2D eigenvalue weighted by Crippen LogP contribution is 2.41. The van der Waals surface area contributed by atoms with Crippen LogP contribution in [-0.4, -0.2) is 11.7 Å². The third kappa shape index (κ3) is 2.16. The number of rotatable bonds is 2. The summed E-state index contributed by atoms with van der Waals surface area (Å²) in [6.45, 7) is 2.14. The standard InChI is InChI=1S/C14H20FNO/c1-10-7-11(17)8-12(13(10)15)14(9-16)5-3-2-4-6-14/h7-8,17H,2-6,9,16H2,1H3. The molecule has 0 aliphatic heterocycles. The molecule has 0 bridgehead atoms. The number of phenols is 1. The Labute approximate surface area is 102 Å². The van der Waals surface area contributed by atoms with Crippen LogP contribution in [-0.2, 0) is 5.41 Å². The Hall–Kier alpha value is -1.09. The molecule has 0 aromatic heterocycles. The zero-order valence-electron chi connectivity index (χ0n) is 10.3. The van der Waals surface area contributed by atoms with Crippen LogP contribution in [0.25, 0.3) is 0 Å². The third-order valence-corrected chi connectivity index (χ3v) is 4.01. The summed E-state index contributed by atoms with van der Waals surface area (Å²) in [5, 5.41) is 9.65. The quantitative estimate of drug-likeness (QED) is 0.830. The van der Waals surface area contributed by atoms with Gasteiger partial charge in [-0.1, -0.05) is 19.3 Å². The summed E-state index contributed by atoms with van der Waals surface area (Å²) < 4.78 is 14.2. The first-order chi connectivity index (χ1) is 8.09. The maximum Gasteiger partial charge on any atom is 0.130 e. The molecule has 0 spiro atoms. The van der Waals surface area contributed by atoms with Crippen molar-refractivity contribution in [3.63, 3.8) is 0 Å². The normalized spacial score (nSPS) is 19.2. The van der Waals surface area contributed by atoms with Gasteiger partial charge in [-0.3, -0.25) is 0 Å². The van der Waals surface area contributed by atoms with Crippen LogP contribution in [0.2, 0.25) is 0 Å². The van der Waals surface area contributed by atoms with Crippen molar-refractivity contribution in [3.8, 4) is 5.75 Å². The van der Waals surface area contributed by atoms with Crippen molar-refractivity contribution in [3.05, 3.63) is 29.1 Å². The predicted octanol–water partition coefficient (Wildman–Crippen LogP) is 3.00. The van der Waals surface area contributed by atoms with Gasteiger partial charge >= 0.3 is 0 Å². The molecule has 3 N–H and O–H groups in total. The molecule has 0 amide bonds. The molecular formula is C14H20FNO. The lowest BCUT2D eigenvalue weighted by molar-refractivity contribution is 0.290. The summed E-state index contributed by atoms with van der Waals surface area (Å²) in [7, 11) is 0. The van der Waals surface area contributed by atoms with E-state index in [2.05, 4.69) is 0 Å². The van der Waals surface area contributed by atoms with Gasteiger partial charge < -0.3 is 10.8 Å². The van der Waals surface area contributed by atoms with Crippen LogP contribution in [0.15, 0.2) is 12.1 Å². The molecule has 1 saturated carbocycles. The number of halogens is 1. The van der Waals surface area contributed by atoms with E-state index in [9.17, 15) is 9.50 Å². The lowest BCUT2D eigenvalue weighted by atomic mass is 9.69. The number of hydrogen-bond acceptors (Lipinski definition) is 2. The average Bonchev–Trinajstić information content (AvgIpc) is 2.34. The fraction of sp³-hybridized carbons (Fsp3) is 0.571. The Morgan fingerprint density at radius 1 is 1.29 bits per heavy atom. The van der Waals surface area contributed by atoms with Crippen molar-refractivity contribution in [2.75, 3.05) is 6.54 Å². The van der Waals surface area contributed by atoms with E-state index in [0.717, 1.165) is 25.7 Å². The average molecular weight is 237 g/mol. The Morgan fingerprint density at radius 3 is 2.53 bits per heavy atom. The zero-order valence-corrected chi connectivity index (χ0v) is 10.3. The third-order valence-electron chi connectivity index (χ3n) is 4.01. The molecule has 0 saturated heterocycles. The van der Waals surface area contributed by atoms with Crippen molar-refractivity contribution in [2.45, 2.75) is 44.4 Å². The second-order valence-corrected chi connectivity index (χ2v) is 5.17. The lowest BCUT2D eigenvalue weighted by Crippen LogP contribution is -2.38. The second kappa shape index (κ2) is 4.65. The van der Waals surface area contributed by atoms with Crippen LogP contribution in [0.5, 0.6) is 5.75 Å². The molecule has 94 valence electrons. The Balaban J connectivity index is 2.49. The van der Waals surface area contributed by atoms with Crippen LogP contribution in [0.4, 0.5) is 4.39 Å². The van der Waals surface area contributed by atoms with Gasteiger partial charge in [0.05, 0.1) is 0 Å². The summed E-state index contributed by atoms with van der Waals surface area (Å²) in [4.78, 5) is 0. The van der Waals surface area contributed by atoms with Crippen molar-refractivity contribution < 1.29 is 9.50 Å². The lowest BCUT2D eigenvalue weighted by Gasteiger charge is -2.37. The first-order valence-electron chi connectivity index (χ1n) is 6.29. The monoisotopic (exact) mass is 237 g/mol. The Morgan fingerprint density at radius 2 is 1.94 bits per heavy atom. The van der Waals surface area contributed by atoms with Gasteiger partial charge in [0.25, 0.3) is 0 Å². The summed E-state index contributed by atoms with van der Waals surface area (Å²) in [5.41, 5.74) is 6.73. The molecule has 0 radical (unpaired) electrons. The first kappa shape index (κ1) is 12.4. The minimum absolute atomic E-state index is 0.136. The number of hydrogen-bond donors (Lipinski definition) is 2. The van der Waals surface area contributed by atoms with Gasteiger partial charge in [0.2, 0.25) is 0 Å². The number of aromatic hydroxyl groups is 1. The van der Waals surface area contributed by atoms with Crippen LogP contribution in [0.1, 0.15) is 43.2 Å². The number of phenolic OH excluding ortho intramolecular Hbond substituents is 1. The molecular weight excluding hydrogens is 217 g/mol. The molecule has 1 aliphatic carbocycles. The molecule has 1 fully saturated rings. The number of aryl methyl sites for hydroxylation is 1. The summed E-state index contributed by atoms with van der Waals surface area (Å²) in [5.74, 6) is -0.0625. The number of nitrogens with two attached hydrogens (primary N) is 1. The second-order valence-electron chi connectivity index (χ2n) is 5.17. The highest BCUT2D eigenvalue weighted by molar-refractivity contribution is 5.39. The van der Waals surface area contributed by atoms with E-state index < -0.39 is 0 Å². The molecule has 1 aromatic rings.